The predicted molar refractivity (Wildman–Crippen MR) is 90.8 cm³/mol. The quantitative estimate of drug-likeness (QED) is 0.924. The molecule has 8 heteroatoms. The van der Waals surface area contributed by atoms with Crippen molar-refractivity contribution in [2.45, 2.75) is 20.4 Å². The van der Waals surface area contributed by atoms with E-state index in [0.29, 0.717) is 6.54 Å². The number of aromatic nitrogens is 3. The van der Waals surface area contributed by atoms with Gasteiger partial charge in [0, 0.05) is 44.3 Å². The largest absolute Gasteiger partial charge is 0.345 e. The lowest BCUT2D eigenvalue weighted by molar-refractivity contribution is 0.193. The first-order valence-electron chi connectivity index (χ1n) is 7.73. The summed E-state index contributed by atoms with van der Waals surface area (Å²) in [6.45, 7) is 7.72. The molecule has 2 aromatic heterocycles. The number of anilines is 1. The first kappa shape index (κ1) is 15.8. The summed E-state index contributed by atoms with van der Waals surface area (Å²) in [5, 5.41) is 8.12. The van der Waals surface area contributed by atoms with Crippen LogP contribution in [0.5, 0.6) is 0 Å². The summed E-state index contributed by atoms with van der Waals surface area (Å²) in [4.78, 5) is 22.2. The monoisotopic (exact) mass is 334 g/mol. The van der Waals surface area contributed by atoms with Gasteiger partial charge in [0.1, 0.15) is 0 Å². The zero-order chi connectivity index (χ0) is 16.4. The van der Waals surface area contributed by atoms with E-state index in [1.807, 2.05) is 24.9 Å². The van der Waals surface area contributed by atoms with Gasteiger partial charge in [0.2, 0.25) is 0 Å². The first-order valence-corrected chi connectivity index (χ1v) is 8.55. The van der Waals surface area contributed by atoms with Crippen molar-refractivity contribution < 1.29 is 4.79 Å². The van der Waals surface area contributed by atoms with E-state index in [-0.39, 0.29) is 6.03 Å². The number of nitrogens with one attached hydrogen (secondary N) is 1. The highest BCUT2D eigenvalue weighted by Crippen LogP contribution is 2.25. The van der Waals surface area contributed by atoms with Crippen molar-refractivity contribution >= 4 is 22.5 Å². The molecule has 1 fully saturated rings. The first-order chi connectivity index (χ1) is 11.0. The number of aryl methyl sites for hydroxylation is 3. The Morgan fingerprint density at radius 2 is 2.04 bits per heavy atom. The number of thiazole rings is 1. The van der Waals surface area contributed by atoms with Crippen LogP contribution in [0.4, 0.5) is 9.93 Å². The lowest BCUT2D eigenvalue weighted by atomic mass is 10.3. The molecule has 0 aliphatic carbocycles. The molecule has 0 spiro atoms. The number of urea groups is 1. The van der Waals surface area contributed by atoms with Crippen LogP contribution in [0.15, 0.2) is 12.3 Å². The second-order valence-corrected chi connectivity index (χ2v) is 6.90. The number of piperazine rings is 1. The van der Waals surface area contributed by atoms with Crippen LogP contribution in [-0.4, -0.2) is 51.9 Å². The van der Waals surface area contributed by atoms with Crippen molar-refractivity contribution in [3.8, 4) is 0 Å². The molecule has 1 saturated heterocycles. The van der Waals surface area contributed by atoms with Gasteiger partial charge in [-0.3, -0.25) is 4.68 Å². The highest BCUT2D eigenvalue weighted by atomic mass is 32.1. The smallest absolute Gasteiger partial charge is 0.317 e. The number of rotatable bonds is 3. The number of hydrogen-bond acceptors (Lipinski definition) is 5. The standard InChI is InChI=1S/C15H22N6OS/c1-11-12(2)23-15(18-11)21-8-6-20(7-9-21)14(22)16-10-13-4-5-17-19(13)3/h4-5H,6-10H2,1-3H3,(H,16,22). The highest BCUT2D eigenvalue weighted by Gasteiger charge is 2.23. The van der Waals surface area contributed by atoms with Gasteiger partial charge in [0.15, 0.2) is 5.13 Å². The van der Waals surface area contributed by atoms with Crippen LogP contribution >= 0.6 is 11.3 Å². The van der Waals surface area contributed by atoms with Crippen molar-refractivity contribution in [2.24, 2.45) is 7.05 Å². The average Bonchev–Trinajstić information content (AvgIpc) is 3.11. The molecule has 1 aliphatic heterocycles. The molecule has 0 aromatic carbocycles. The van der Waals surface area contributed by atoms with E-state index in [1.165, 1.54) is 4.88 Å². The Morgan fingerprint density at radius 3 is 2.61 bits per heavy atom. The molecule has 0 radical (unpaired) electrons. The molecule has 7 nitrogen and oxygen atoms in total. The zero-order valence-corrected chi connectivity index (χ0v) is 14.6. The minimum atomic E-state index is -0.0163. The zero-order valence-electron chi connectivity index (χ0n) is 13.7. The van der Waals surface area contributed by atoms with Crippen molar-refractivity contribution in [2.75, 3.05) is 31.1 Å². The fraction of sp³-hybridized carbons (Fsp3) is 0.533. The second kappa shape index (κ2) is 6.57. The maximum absolute atomic E-state index is 12.3. The van der Waals surface area contributed by atoms with Gasteiger partial charge >= 0.3 is 6.03 Å². The summed E-state index contributed by atoms with van der Waals surface area (Å²) in [6.07, 6.45) is 1.73. The Labute approximate surface area is 139 Å². The molecule has 2 amide bonds. The molecule has 0 atom stereocenters. The average molecular weight is 334 g/mol. The molecule has 23 heavy (non-hydrogen) atoms. The summed E-state index contributed by atoms with van der Waals surface area (Å²) in [5.41, 5.74) is 2.09. The normalized spacial score (nSPS) is 15.1. The molecule has 124 valence electrons. The predicted octanol–water partition coefficient (Wildman–Crippen LogP) is 1.53. The molecule has 3 heterocycles. The van der Waals surface area contributed by atoms with Crippen LogP contribution in [0.1, 0.15) is 16.3 Å². The molecule has 1 N–H and O–H groups in total. The molecule has 0 bridgehead atoms. The van der Waals surface area contributed by atoms with Crippen LogP contribution in [0.3, 0.4) is 0 Å². The fourth-order valence-corrected chi connectivity index (χ4v) is 3.51. The van der Waals surface area contributed by atoms with Crippen LogP contribution in [0.25, 0.3) is 0 Å². The number of carbonyl (C=O) groups excluding carboxylic acids is 1. The van der Waals surface area contributed by atoms with Gasteiger partial charge in [-0.15, -0.1) is 11.3 Å². The van der Waals surface area contributed by atoms with Crippen LogP contribution in [0.2, 0.25) is 0 Å². The van der Waals surface area contributed by atoms with Gasteiger partial charge in [-0.25, -0.2) is 9.78 Å². The van der Waals surface area contributed by atoms with Crippen molar-refractivity contribution in [1.82, 2.24) is 25.0 Å². The van der Waals surface area contributed by atoms with E-state index in [0.717, 1.165) is 42.7 Å². The van der Waals surface area contributed by atoms with E-state index >= 15 is 0 Å². The number of hydrogen-bond donors (Lipinski definition) is 1. The third-order valence-corrected chi connectivity index (χ3v) is 5.33. The van der Waals surface area contributed by atoms with Gasteiger partial charge in [0.05, 0.1) is 17.9 Å². The number of amides is 2. The Morgan fingerprint density at radius 1 is 1.30 bits per heavy atom. The van der Waals surface area contributed by atoms with Gasteiger partial charge in [-0.05, 0) is 19.9 Å². The molecular formula is C15H22N6OS. The SMILES string of the molecule is Cc1nc(N2CCN(C(=O)NCc3ccnn3C)CC2)sc1C. The lowest BCUT2D eigenvalue weighted by Gasteiger charge is -2.34. The van der Waals surface area contributed by atoms with Crippen LogP contribution in [0, 0.1) is 13.8 Å². The molecular weight excluding hydrogens is 312 g/mol. The topological polar surface area (TPSA) is 66.3 Å². The maximum atomic E-state index is 12.3. The summed E-state index contributed by atoms with van der Waals surface area (Å²) in [5.74, 6) is 0. The summed E-state index contributed by atoms with van der Waals surface area (Å²) < 4.78 is 1.77. The van der Waals surface area contributed by atoms with Crippen molar-refractivity contribution in [3.05, 3.63) is 28.5 Å². The summed E-state index contributed by atoms with van der Waals surface area (Å²) in [6, 6.07) is 1.89. The minimum absolute atomic E-state index is 0.0163. The number of nitrogens with zero attached hydrogens (tertiary/aromatic N) is 5. The minimum Gasteiger partial charge on any atom is -0.345 e. The van der Waals surface area contributed by atoms with E-state index < -0.39 is 0 Å². The van der Waals surface area contributed by atoms with Crippen LogP contribution < -0.4 is 10.2 Å². The third-order valence-electron chi connectivity index (χ3n) is 4.20. The second-order valence-electron chi connectivity index (χ2n) is 5.72. The van der Waals surface area contributed by atoms with Gasteiger partial charge < -0.3 is 15.1 Å². The van der Waals surface area contributed by atoms with Crippen molar-refractivity contribution in [1.29, 1.82) is 0 Å². The van der Waals surface area contributed by atoms with Crippen LogP contribution in [-0.2, 0) is 13.6 Å². The van der Waals surface area contributed by atoms with E-state index in [4.69, 9.17) is 0 Å². The maximum Gasteiger partial charge on any atom is 0.317 e. The fourth-order valence-electron chi connectivity index (χ4n) is 2.54. The lowest BCUT2D eigenvalue weighted by Crippen LogP contribution is -2.51. The third kappa shape index (κ3) is 3.47. The Hall–Kier alpha value is -2.09. The van der Waals surface area contributed by atoms with E-state index in [9.17, 15) is 4.79 Å². The Bertz CT molecular complexity index is 666. The van der Waals surface area contributed by atoms with E-state index in [2.05, 4.69) is 27.2 Å². The molecule has 3 rings (SSSR count). The highest BCUT2D eigenvalue weighted by molar-refractivity contribution is 7.15. The van der Waals surface area contributed by atoms with Gasteiger partial charge in [0.25, 0.3) is 0 Å². The van der Waals surface area contributed by atoms with Crippen molar-refractivity contribution in [3.63, 3.8) is 0 Å². The Balaban J connectivity index is 1.50. The molecule has 0 unspecified atom stereocenters. The summed E-state index contributed by atoms with van der Waals surface area (Å²) in [7, 11) is 1.87. The number of carbonyl (C=O) groups is 1. The molecule has 1 aliphatic rings. The molecule has 0 saturated carbocycles. The van der Waals surface area contributed by atoms with Gasteiger partial charge in [-0.1, -0.05) is 0 Å². The van der Waals surface area contributed by atoms with Gasteiger partial charge in [-0.2, -0.15) is 5.10 Å². The summed E-state index contributed by atoms with van der Waals surface area (Å²) >= 11 is 1.73. The Kier molecular flexibility index (Phi) is 4.51. The van der Waals surface area contributed by atoms with E-state index in [1.54, 1.807) is 22.2 Å². The molecule has 2 aromatic rings.